The van der Waals surface area contributed by atoms with Crippen molar-refractivity contribution in [2.75, 3.05) is 0 Å². The van der Waals surface area contributed by atoms with E-state index >= 15 is 0 Å². The molecule has 1 heterocycles. The molecule has 1 aromatic heterocycles. The third kappa shape index (κ3) is 6.37. The van der Waals surface area contributed by atoms with E-state index < -0.39 is 0 Å². The molecule has 10 aromatic rings. The molecule has 6 aliphatic rings. The average Bonchev–Trinajstić information content (AvgIpc) is 4.13. The first kappa shape index (κ1) is 43.4. The summed E-state index contributed by atoms with van der Waals surface area (Å²) in [6.45, 7) is 0. The second kappa shape index (κ2) is 16.5. The Hall–Kier alpha value is -8.01. The van der Waals surface area contributed by atoms with Gasteiger partial charge in [0.2, 0.25) is 0 Å². The van der Waals surface area contributed by atoms with Crippen LogP contribution in [0.3, 0.4) is 0 Å². The molecule has 7 atom stereocenters. The molecule has 7 unspecified atom stereocenters. The molecule has 0 N–H and O–H groups in total. The Kier molecular flexibility index (Phi) is 9.54. The van der Waals surface area contributed by atoms with Crippen LogP contribution in [0.15, 0.2) is 224 Å². The highest BCUT2D eigenvalue weighted by molar-refractivity contribution is 5.83. The van der Waals surface area contributed by atoms with Gasteiger partial charge in [0, 0.05) is 32.9 Å². The van der Waals surface area contributed by atoms with Crippen molar-refractivity contribution in [1.29, 1.82) is 0 Å². The van der Waals surface area contributed by atoms with Crippen molar-refractivity contribution >= 4 is 0 Å². The van der Waals surface area contributed by atoms with Crippen LogP contribution in [0.1, 0.15) is 103 Å². The van der Waals surface area contributed by atoms with Crippen molar-refractivity contribution in [3.8, 4) is 78.7 Å². The Labute approximate surface area is 440 Å². The fourth-order valence-electron chi connectivity index (χ4n) is 17.2. The highest BCUT2D eigenvalue weighted by Crippen LogP contribution is 2.76. The van der Waals surface area contributed by atoms with Crippen LogP contribution in [-0.4, -0.2) is 15.0 Å². The van der Waals surface area contributed by atoms with Crippen LogP contribution in [0.4, 0.5) is 0 Å². The molecule has 75 heavy (non-hydrogen) atoms. The van der Waals surface area contributed by atoms with E-state index in [0.29, 0.717) is 41.1 Å². The average molecular weight is 964 g/mol. The highest BCUT2D eigenvalue weighted by Gasteiger charge is 2.69. The van der Waals surface area contributed by atoms with Gasteiger partial charge in [0.1, 0.15) is 0 Å². The molecule has 3 saturated carbocycles. The molecule has 6 bridgehead atoms. The molecule has 3 nitrogen and oxygen atoms in total. The Bertz CT molecular complexity index is 3840. The molecule has 360 valence electrons. The van der Waals surface area contributed by atoms with Crippen LogP contribution in [0.25, 0.3) is 78.7 Å². The molecule has 9 aromatic carbocycles. The zero-order valence-corrected chi connectivity index (χ0v) is 42.2. The minimum atomic E-state index is -0.132. The number of benzene rings is 9. The van der Waals surface area contributed by atoms with Gasteiger partial charge in [-0.15, -0.1) is 0 Å². The first-order valence-electron chi connectivity index (χ1n) is 27.7. The van der Waals surface area contributed by atoms with Crippen molar-refractivity contribution < 1.29 is 0 Å². The summed E-state index contributed by atoms with van der Waals surface area (Å²) in [5.74, 6) is 3.70. The fraction of sp³-hybridized carbons (Fsp3) is 0.208. The Balaban J connectivity index is 0.936. The summed E-state index contributed by atoms with van der Waals surface area (Å²) in [5, 5.41) is 0. The predicted molar refractivity (Wildman–Crippen MR) is 304 cm³/mol. The van der Waals surface area contributed by atoms with Gasteiger partial charge >= 0.3 is 0 Å². The molecule has 0 amide bonds. The highest BCUT2D eigenvalue weighted by atomic mass is 15.0. The molecule has 3 spiro atoms. The van der Waals surface area contributed by atoms with Gasteiger partial charge in [-0.2, -0.15) is 0 Å². The Morgan fingerprint density at radius 2 is 0.640 bits per heavy atom. The van der Waals surface area contributed by atoms with Crippen molar-refractivity contribution in [3.63, 3.8) is 0 Å². The normalized spacial score (nSPS) is 25.1. The van der Waals surface area contributed by atoms with Gasteiger partial charge < -0.3 is 0 Å². The maximum absolute atomic E-state index is 5.12. The maximum atomic E-state index is 5.12. The largest absolute Gasteiger partial charge is 0.208 e. The monoisotopic (exact) mass is 963 g/mol. The van der Waals surface area contributed by atoms with E-state index in [1.54, 1.807) is 33.4 Å². The molecule has 3 fully saturated rings. The smallest absolute Gasteiger partial charge is 0.164 e. The van der Waals surface area contributed by atoms with Crippen molar-refractivity contribution in [2.45, 2.75) is 85.4 Å². The van der Waals surface area contributed by atoms with E-state index in [0.717, 1.165) is 36.0 Å². The van der Waals surface area contributed by atoms with Crippen molar-refractivity contribution in [2.24, 2.45) is 5.92 Å². The summed E-state index contributed by atoms with van der Waals surface area (Å²) in [6, 6.07) is 85.8. The Morgan fingerprint density at radius 1 is 0.280 bits per heavy atom. The number of fused-ring (bicyclic) bond motifs is 15. The van der Waals surface area contributed by atoms with Crippen LogP contribution in [0.2, 0.25) is 0 Å². The molecule has 3 heteroatoms. The summed E-state index contributed by atoms with van der Waals surface area (Å²) < 4.78 is 0. The summed E-state index contributed by atoms with van der Waals surface area (Å²) in [5.41, 5.74) is 23.3. The molecule has 0 aliphatic heterocycles. The minimum Gasteiger partial charge on any atom is -0.208 e. The fourth-order valence-corrected chi connectivity index (χ4v) is 17.2. The van der Waals surface area contributed by atoms with Crippen molar-refractivity contribution in [1.82, 2.24) is 15.0 Å². The lowest BCUT2D eigenvalue weighted by Gasteiger charge is -2.63. The topological polar surface area (TPSA) is 38.7 Å². The van der Waals surface area contributed by atoms with Crippen LogP contribution < -0.4 is 0 Å². The van der Waals surface area contributed by atoms with Gasteiger partial charge in [-0.3, -0.25) is 0 Å². The van der Waals surface area contributed by atoms with Crippen LogP contribution in [0.5, 0.6) is 0 Å². The standard InChI is InChI=1S/C72H57N3/c1-3-17-47(18-4-1)66-73-67(48-19-5-2-6-20-48)75-68(74-66)49-33-31-46(32-34-49)50-35-36-62-59-26-12-9-23-56(59)53-44-71(65(62)41-50)40-38-51-42-70(63-29-15-13-27-60(63)57-24-10-7-21-54(51)57)39-37-52-43-72(45-53,69(70)71)64-30-16-14-28-61(64)58-25-11-8-22-55(52)58/h1-36,41,51-53,69H,37-40,42-45H2. The first-order chi connectivity index (χ1) is 37.1. The lowest BCUT2D eigenvalue weighted by molar-refractivity contribution is 0.00247. The molecular formula is C72H57N3. The SMILES string of the molecule is c1ccc(-c2nc(-c3ccccc3)nc(-c3ccc(-c4ccc5c(c4)C46CCC7CC8(CCC9CC(CC(C4)c4ccccc4-5)(c4ccccc4-c4ccccc49)C86)c4ccccc4-c4ccccc47)cc3)n2)cc1. The number of aromatic nitrogens is 3. The molecule has 16 rings (SSSR count). The van der Waals surface area contributed by atoms with Gasteiger partial charge in [0.15, 0.2) is 17.5 Å². The van der Waals surface area contributed by atoms with Gasteiger partial charge in [-0.1, -0.05) is 218 Å². The lowest BCUT2D eigenvalue weighted by Crippen LogP contribution is -2.60. The van der Waals surface area contributed by atoms with E-state index in [1.165, 1.54) is 76.6 Å². The quantitative estimate of drug-likeness (QED) is 0.176. The van der Waals surface area contributed by atoms with E-state index in [4.69, 9.17) is 15.0 Å². The number of hydrogen-bond donors (Lipinski definition) is 0. The minimum absolute atomic E-state index is 0.0803. The number of rotatable bonds is 4. The van der Waals surface area contributed by atoms with Crippen molar-refractivity contribution in [3.05, 3.63) is 258 Å². The first-order valence-corrected chi connectivity index (χ1v) is 27.7. The van der Waals surface area contributed by atoms with E-state index in [2.05, 4.69) is 188 Å². The second-order valence-corrected chi connectivity index (χ2v) is 23.1. The van der Waals surface area contributed by atoms with Crippen LogP contribution in [-0.2, 0) is 16.2 Å². The zero-order chi connectivity index (χ0) is 49.3. The van der Waals surface area contributed by atoms with E-state index in [-0.39, 0.29) is 16.2 Å². The van der Waals surface area contributed by atoms with E-state index in [9.17, 15) is 0 Å². The predicted octanol–water partition coefficient (Wildman–Crippen LogP) is 17.7. The molecule has 0 radical (unpaired) electrons. The summed E-state index contributed by atoms with van der Waals surface area (Å²) in [6.07, 6.45) is 9.41. The van der Waals surface area contributed by atoms with Gasteiger partial charge in [0.25, 0.3) is 0 Å². The Morgan fingerprint density at radius 3 is 1.19 bits per heavy atom. The van der Waals surface area contributed by atoms with Crippen LogP contribution in [0, 0.1) is 5.92 Å². The molecule has 0 saturated heterocycles. The third-order valence-electron chi connectivity index (χ3n) is 19.7. The summed E-state index contributed by atoms with van der Waals surface area (Å²) in [4.78, 5) is 15.2. The zero-order valence-electron chi connectivity index (χ0n) is 42.2. The lowest BCUT2D eigenvalue weighted by atomic mass is 9.40. The number of hydrogen-bond acceptors (Lipinski definition) is 3. The van der Waals surface area contributed by atoms with E-state index in [1.807, 2.05) is 36.4 Å². The maximum Gasteiger partial charge on any atom is 0.164 e. The summed E-state index contributed by atoms with van der Waals surface area (Å²) >= 11 is 0. The third-order valence-corrected chi connectivity index (χ3v) is 19.7. The number of nitrogens with zero attached hydrogens (tertiary/aromatic N) is 3. The van der Waals surface area contributed by atoms with Gasteiger partial charge in [-0.25, -0.2) is 15.0 Å². The molecule has 6 aliphatic carbocycles. The van der Waals surface area contributed by atoms with Gasteiger partial charge in [0.05, 0.1) is 0 Å². The summed E-state index contributed by atoms with van der Waals surface area (Å²) in [7, 11) is 0. The van der Waals surface area contributed by atoms with Crippen LogP contribution >= 0.6 is 0 Å². The second-order valence-electron chi connectivity index (χ2n) is 23.1. The molecular weight excluding hydrogens is 907 g/mol. The van der Waals surface area contributed by atoms with Gasteiger partial charge in [-0.05, 0) is 159 Å².